The van der Waals surface area contributed by atoms with E-state index in [0.717, 1.165) is 11.3 Å². The third-order valence-electron chi connectivity index (χ3n) is 2.80. The van der Waals surface area contributed by atoms with Crippen LogP contribution in [0.1, 0.15) is 28.4 Å². The van der Waals surface area contributed by atoms with Crippen molar-refractivity contribution in [3.05, 3.63) is 59.2 Å². The van der Waals surface area contributed by atoms with E-state index in [1.165, 1.54) is 17.5 Å². The van der Waals surface area contributed by atoms with Crippen LogP contribution in [0.4, 0.5) is 0 Å². The number of hydrogen-bond acceptors (Lipinski definition) is 4. The van der Waals surface area contributed by atoms with E-state index < -0.39 is 0 Å². The highest BCUT2D eigenvalue weighted by molar-refractivity contribution is 5.36. The predicted octanol–water partition coefficient (Wildman–Crippen LogP) is 1.65. The number of nitrogens with one attached hydrogen (secondary N) is 1. The van der Waals surface area contributed by atoms with E-state index in [2.05, 4.69) is 47.4 Å². The van der Waals surface area contributed by atoms with Crippen LogP contribution in [0.2, 0.25) is 0 Å². The van der Waals surface area contributed by atoms with Crippen molar-refractivity contribution >= 4 is 0 Å². The molecule has 0 saturated heterocycles. The number of aryl methyl sites for hydroxylation is 2. The zero-order valence-corrected chi connectivity index (χ0v) is 10.0. The Morgan fingerprint density at radius 2 is 2.06 bits per heavy atom. The SMILES string of the molecule is Cc1ccc(C(NN)c2ccncn2)c(C)c1. The summed E-state index contributed by atoms with van der Waals surface area (Å²) in [5.41, 5.74) is 7.25. The first-order chi connectivity index (χ1) is 8.22. The van der Waals surface area contributed by atoms with Crippen LogP contribution in [0.25, 0.3) is 0 Å². The van der Waals surface area contributed by atoms with Gasteiger partial charge >= 0.3 is 0 Å². The van der Waals surface area contributed by atoms with Gasteiger partial charge in [0.2, 0.25) is 0 Å². The van der Waals surface area contributed by atoms with Crippen molar-refractivity contribution in [2.24, 2.45) is 5.84 Å². The molecule has 0 aliphatic heterocycles. The average molecular weight is 228 g/mol. The van der Waals surface area contributed by atoms with Gasteiger partial charge in [-0.2, -0.15) is 0 Å². The van der Waals surface area contributed by atoms with Crippen LogP contribution in [0.15, 0.2) is 36.8 Å². The predicted molar refractivity (Wildman–Crippen MR) is 67.1 cm³/mol. The van der Waals surface area contributed by atoms with Crippen LogP contribution >= 0.6 is 0 Å². The minimum Gasteiger partial charge on any atom is -0.271 e. The Kier molecular flexibility index (Phi) is 3.46. The van der Waals surface area contributed by atoms with Crippen LogP contribution in [-0.2, 0) is 0 Å². The molecule has 0 fully saturated rings. The van der Waals surface area contributed by atoms with E-state index in [1.54, 1.807) is 6.20 Å². The standard InChI is InChI=1S/C13H16N4/c1-9-3-4-11(10(2)7-9)13(17-14)12-5-6-15-8-16-12/h3-8,13,17H,14H2,1-2H3. The van der Waals surface area contributed by atoms with Crippen molar-refractivity contribution in [3.8, 4) is 0 Å². The minimum absolute atomic E-state index is 0.0985. The lowest BCUT2D eigenvalue weighted by molar-refractivity contribution is 0.615. The van der Waals surface area contributed by atoms with Crippen LogP contribution in [-0.4, -0.2) is 9.97 Å². The topological polar surface area (TPSA) is 63.8 Å². The summed E-state index contributed by atoms with van der Waals surface area (Å²) < 4.78 is 0. The molecule has 0 saturated carbocycles. The highest BCUT2D eigenvalue weighted by atomic mass is 15.2. The van der Waals surface area contributed by atoms with Crippen LogP contribution in [0, 0.1) is 13.8 Å². The first-order valence-electron chi connectivity index (χ1n) is 5.51. The van der Waals surface area contributed by atoms with Gasteiger partial charge < -0.3 is 0 Å². The van der Waals surface area contributed by atoms with Gasteiger partial charge in [-0.3, -0.25) is 5.84 Å². The fourth-order valence-corrected chi connectivity index (χ4v) is 1.96. The second-order valence-corrected chi connectivity index (χ2v) is 4.09. The fourth-order valence-electron chi connectivity index (χ4n) is 1.96. The first kappa shape index (κ1) is 11.7. The summed E-state index contributed by atoms with van der Waals surface area (Å²) in [5.74, 6) is 5.63. The molecule has 0 aliphatic rings. The van der Waals surface area contributed by atoms with Crippen LogP contribution in [0.5, 0.6) is 0 Å². The monoisotopic (exact) mass is 228 g/mol. The molecule has 0 bridgehead atoms. The second-order valence-electron chi connectivity index (χ2n) is 4.09. The minimum atomic E-state index is -0.0985. The highest BCUT2D eigenvalue weighted by Crippen LogP contribution is 2.23. The van der Waals surface area contributed by atoms with Gasteiger partial charge in [0.1, 0.15) is 6.33 Å². The number of hydrogen-bond donors (Lipinski definition) is 2. The second kappa shape index (κ2) is 5.03. The number of hydrazine groups is 1. The lowest BCUT2D eigenvalue weighted by Crippen LogP contribution is -2.30. The molecule has 4 nitrogen and oxygen atoms in total. The maximum absolute atomic E-state index is 5.63. The maximum atomic E-state index is 5.63. The summed E-state index contributed by atoms with van der Waals surface area (Å²) in [6, 6.07) is 8.06. The average Bonchev–Trinajstić information content (AvgIpc) is 2.34. The molecule has 2 aromatic rings. The van der Waals surface area contributed by atoms with E-state index in [4.69, 9.17) is 5.84 Å². The molecule has 17 heavy (non-hydrogen) atoms. The molecule has 1 heterocycles. The van der Waals surface area contributed by atoms with Gasteiger partial charge in [-0.05, 0) is 31.0 Å². The lowest BCUT2D eigenvalue weighted by Gasteiger charge is -2.18. The lowest BCUT2D eigenvalue weighted by atomic mass is 9.97. The summed E-state index contributed by atoms with van der Waals surface area (Å²) in [4.78, 5) is 8.15. The van der Waals surface area contributed by atoms with Crippen molar-refractivity contribution in [1.82, 2.24) is 15.4 Å². The number of nitrogens with two attached hydrogens (primary N) is 1. The molecule has 1 aromatic carbocycles. The zero-order valence-electron chi connectivity index (χ0n) is 10.0. The van der Waals surface area contributed by atoms with Crippen LogP contribution in [0.3, 0.4) is 0 Å². The molecular formula is C13H16N4. The summed E-state index contributed by atoms with van der Waals surface area (Å²) >= 11 is 0. The van der Waals surface area contributed by atoms with Crippen molar-refractivity contribution in [2.75, 3.05) is 0 Å². The molecule has 0 amide bonds. The van der Waals surface area contributed by atoms with Gasteiger partial charge in [-0.1, -0.05) is 23.8 Å². The molecule has 1 atom stereocenters. The highest BCUT2D eigenvalue weighted by Gasteiger charge is 2.15. The van der Waals surface area contributed by atoms with E-state index in [0.29, 0.717) is 0 Å². The number of rotatable bonds is 3. The Morgan fingerprint density at radius 3 is 2.65 bits per heavy atom. The normalized spacial score (nSPS) is 12.4. The molecule has 4 heteroatoms. The maximum Gasteiger partial charge on any atom is 0.115 e. The third kappa shape index (κ3) is 2.49. The van der Waals surface area contributed by atoms with Gasteiger partial charge in [0, 0.05) is 6.20 Å². The Morgan fingerprint density at radius 1 is 1.24 bits per heavy atom. The quantitative estimate of drug-likeness (QED) is 0.619. The van der Waals surface area contributed by atoms with E-state index in [9.17, 15) is 0 Å². The molecule has 1 aromatic heterocycles. The van der Waals surface area contributed by atoms with Gasteiger partial charge in [0.05, 0.1) is 11.7 Å². The molecule has 88 valence electrons. The summed E-state index contributed by atoms with van der Waals surface area (Å²) in [6.07, 6.45) is 3.25. The Bertz CT molecular complexity index is 496. The van der Waals surface area contributed by atoms with Gasteiger partial charge in [-0.15, -0.1) is 0 Å². The molecule has 0 spiro atoms. The number of benzene rings is 1. The number of nitrogens with zero attached hydrogens (tertiary/aromatic N) is 2. The number of aromatic nitrogens is 2. The summed E-state index contributed by atoms with van der Waals surface area (Å²) in [7, 11) is 0. The van der Waals surface area contributed by atoms with Crippen molar-refractivity contribution in [2.45, 2.75) is 19.9 Å². The molecular weight excluding hydrogens is 212 g/mol. The Balaban J connectivity index is 2.42. The van der Waals surface area contributed by atoms with Crippen LogP contribution < -0.4 is 11.3 Å². The summed E-state index contributed by atoms with van der Waals surface area (Å²) in [6.45, 7) is 4.15. The molecule has 3 N–H and O–H groups in total. The van der Waals surface area contributed by atoms with E-state index >= 15 is 0 Å². The van der Waals surface area contributed by atoms with Gasteiger partial charge in [0.25, 0.3) is 0 Å². The molecule has 1 unspecified atom stereocenters. The Labute approximate surface area is 101 Å². The summed E-state index contributed by atoms with van der Waals surface area (Å²) in [5, 5.41) is 0. The largest absolute Gasteiger partial charge is 0.271 e. The molecule has 0 aliphatic carbocycles. The fraction of sp³-hybridized carbons (Fsp3) is 0.231. The zero-order chi connectivity index (χ0) is 12.3. The van der Waals surface area contributed by atoms with E-state index in [1.807, 2.05) is 6.07 Å². The molecule has 2 rings (SSSR count). The first-order valence-corrected chi connectivity index (χ1v) is 5.51. The Hall–Kier alpha value is -1.78. The van der Waals surface area contributed by atoms with Gasteiger partial charge in [0.15, 0.2) is 0 Å². The van der Waals surface area contributed by atoms with Gasteiger partial charge in [-0.25, -0.2) is 15.4 Å². The van der Waals surface area contributed by atoms with Crippen molar-refractivity contribution < 1.29 is 0 Å². The van der Waals surface area contributed by atoms with Crippen molar-refractivity contribution in [3.63, 3.8) is 0 Å². The smallest absolute Gasteiger partial charge is 0.115 e. The third-order valence-corrected chi connectivity index (χ3v) is 2.80. The van der Waals surface area contributed by atoms with E-state index in [-0.39, 0.29) is 6.04 Å². The van der Waals surface area contributed by atoms with Crippen molar-refractivity contribution in [1.29, 1.82) is 0 Å². The molecule has 0 radical (unpaired) electrons.